The van der Waals surface area contributed by atoms with Crippen molar-refractivity contribution in [2.45, 2.75) is 19.5 Å². The molecule has 0 aromatic carbocycles. The fourth-order valence-electron chi connectivity index (χ4n) is 1.99. The van der Waals surface area contributed by atoms with E-state index >= 15 is 0 Å². The fourth-order valence-corrected chi connectivity index (χ4v) is 2.13. The number of hydrogen-bond acceptors (Lipinski definition) is 3. The summed E-state index contributed by atoms with van der Waals surface area (Å²) in [6, 6.07) is 1.56. The van der Waals surface area contributed by atoms with Gasteiger partial charge in [0.25, 0.3) is 0 Å². The predicted molar refractivity (Wildman–Crippen MR) is 58.2 cm³/mol. The number of halogens is 4. The molecule has 1 atom stereocenters. The van der Waals surface area contributed by atoms with Crippen molar-refractivity contribution in [2.75, 3.05) is 18.0 Å². The minimum absolute atomic E-state index is 0.0354. The molecule has 1 unspecified atom stereocenters. The highest BCUT2D eigenvalue weighted by atomic mass is 35.5. The van der Waals surface area contributed by atoms with E-state index in [1.807, 2.05) is 0 Å². The summed E-state index contributed by atoms with van der Waals surface area (Å²) in [6.07, 6.45) is -4.02. The number of aromatic nitrogens is 2. The van der Waals surface area contributed by atoms with Crippen molar-refractivity contribution in [3.63, 3.8) is 0 Å². The Hall–Kier alpha value is -1.04. The van der Waals surface area contributed by atoms with Crippen LogP contribution in [-0.4, -0.2) is 29.5 Å². The van der Waals surface area contributed by atoms with Gasteiger partial charge in [-0.1, -0.05) is 11.6 Å². The van der Waals surface area contributed by atoms with Crippen LogP contribution in [0, 0.1) is 12.8 Å². The van der Waals surface area contributed by atoms with E-state index in [2.05, 4.69) is 10.2 Å². The van der Waals surface area contributed by atoms with Gasteiger partial charge >= 0.3 is 6.18 Å². The second kappa shape index (κ2) is 4.33. The Morgan fingerprint density at radius 2 is 2.12 bits per heavy atom. The van der Waals surface area contributed by atoms with E-state index < -0.39 is 12.1 Å². The van der Waals surface area contributed by atoms with E-state index in [9.17, 15) is 13.2 Å². The first-order chi connectivity index (χ1) is 7.88. The third-order valence-electron chi connectivity index (χ3n) is 2.91. The van der Waals surface area contributed by atoms with Gasteiger partial charge in [-0.3, -0.25) is 0 Å². The van der Waals surface area contributed by atoms with Gasteiger partial charge in [0, 0.05) is 19.2 Å². The Labute approximate surface area is 102 Å². The highest BCUT2D eigenvalue weighted by Gasteiger charge is 2.43. The van der Waals surface area contributed by atoms with Gasteiger partial charge in [0.2, 0.25) is 0 Å². The first kappa shape index (κ1) is 12.4. The van der Waals surface area contributed by atoms with Crippen LogP contribution in [0.25, 0.3) is 0 Å². The van der Waals surface area contributed by atoms with E-state index in [0.29, 0.717) is 17.9 Å². The van der Waals surface area contributed by atoms with Crippen molar-refractivity contribution in [3.8, 4) is 0 Å². The average Bonchev–Trinajstić information content (AvgIpc) is 2.70. The molecule has 0 aliphatic carbocycles. The van der Waals surface area contributed by atoms with E-state index in [4.69, 9.17) is 11.6 Å². The maximum absolute atomic E-state index is 12.5. The zero-order valence-electron chi connectivity index (χ0n) is 9.13. The molecule has 3 nitrogen and oxygen atoms in total. The second-order valence-corrected chi connectivity index (χ2v) is 4.50. The molecule has 0 N–H and O–H groups in total. The van der Waals surface area contributed by atoms with Crippen LogP contribution >= 0.6 is 11.6 Å². The van der Waals surface area contributed by atoms with E-state index in [1.54, 1.807) is 17.9 Å². The molecule has 1 aliphatic heterocycles. The van der Waals surface area contributed by atoms with Crippen LogP contribution in [0.5, 0.6) is 0 Å². The van der Waals surface area contributed by atoms with Gasteiger partial charge in [-0.2, -0.15) is 18.3 Å². The van der Waals surface area contributed by atoms with Crippen molar-refractivity contribution in [2.24, 2.45) is 5.92 Å². The Morgan fingerprint density at radius 3 is 2.71 bits per heavy atom. The molecular formula is C10H11ClF3N3. The molecule has 1 saturated heterocycles. The van der Waals surface area contributed by atoms with Crippen molar-refractivity contribution >= 4 is 17.3 Å². The molecule has 1 aromatic heterocycles. The predicted octanol–water partition coefficient (Wildman–Crippen LogP) is 2.83. The minimum Gasteiger partial charge on any atom is -0.369 e. The quantitative estimate of drug-likeness (QED) is 0.782. The highest BCUT2D eigenvalue weighted by molar-refractivity contribution is 6.29. The molecular weight excluding hydrogens is 255 g/mol. The van der Waals surface area contributed by atoms with Gasteiger partial charge in [0.1, 0.15) is 0 Å². The van der Waals surface area contributed by atoms with Gasteiger partial charge in [-0.15, -0.1) is 5.10 Å². The Kier molecular flexibility index (Phi) is 3.16. The van der Waals surface area contributed by atoms with Gasteiger partial charge < -0.3 is 4.90 Å². The number of anilines is 1. The lowest BCUT2D eigenvalue weighted by atomic mass is 10.1. The monoisotopic (exact) mass is 265 g/mol. The van der Waals surface area contributed by atoms with Crippen LogP contribution in [0.2, 0.25) is 5.15 Å². The number of aryl methyl sites for hydroxylation is 1. The molecule has 94 valence electrons. The SMILES string of the molecule is Cc1nnc(Cl)cc1N1CCC(C(F)(F)F)C1. The fraction of sp³-hybridized carbons (Fsp3) is 0.600. The number of alkyl halides is 3. The molecule has 1 aromatic rings. The number of rotatable bonds is 1. The van der Waals surface area contributed by atoms with E-state index in [-0.39, 0.29) is 18.1 Å². The Balaban J connectivity index is 2.18. The summed E-state index contributed by atoms with van der Waals surface area (Å²) in [5.41, 5.74) is 1.23. The van der Waals surface area contributed by atoms with Crippen molar-refractivity contribution < 1.29 is 13.2 Å². The van der Waals surface area contributed by atoms with Gasteiger partial charge in [-0.25, -0.2) is 0 Å². The van der Waals surface area contributed by atoms with Crippen LogP contribution in [0.4, 0.5) is 18.9 Å². The molecule has 0 bridgehead atoms. The topological polar surface area (TPSA) is 29.0 Å². The van der Waals surface area contributed by atoms with Crippen LogP contribution in [0.15, 0.2) is 6.07 Å². The second-order valence-electron chi connectivity index (χ2n) is 4.11. The molecule has 0 saturated carbocycles. The zero-order valence-corrected chi connectivity index (χ0v) is 9.89. The summed E-state index contributed by atoms with van der Waals surface area (Å²) in [7, 11) is 0. The number of hydrogen-bond donors (Lipinski definition) is 0. The standard InChI is InChI=1S/C10H11ClF3N3/c1-6-8(4-9(11)16-15-6)17-3-2-7(5-17)10(12,13)14/h4,7H,2-3,5H2,1H3. The van der Waals surface area contributed by atoms with Crippen LogP contribution in [-0.2, 0) is 0 Å². The lowest BCUT2D eigenvalue weighted by Crippen LogP contribution is -2.27. The molecule has 2 rings (SSSR count). The largest absolute Gasteiger partial charge is 0.393 e. The van der Waals surface area contributed by atoms with Crippen LogP contribution in [0.1, 0.15) is 12.1 Å². The van der Waals surface area contributed by atoms with Crippen LogP contribution in [0.3, 0.4) is 0 Å². The molecule has 7 heteroatoms. The molecule has 1 fully saturated rings. The summed E-state index contributed by atoms with van der Waals surface area (Å²) in [6.45, 7) is 2.04. The lowest BCUT2D eigenvalue weighted by molar-refractivity contribution is -0.168. The zero-order chi connectivity index (χ0) is 12.6. The van der Waals surface area contributed by atoms with Crippen molar-refractivity contribution in [1.82, 2.24) is 10.2 Å². The van der Waals surface area contributed by atoms with E-state index in [1.165, 1.54) is 0 Å². The first-order valence-corrected chi connectivity index (χ1v) is 5.57. The molecule has 17 heavy (non-hydrogen) atoms. The van der Waals surface area contributed by atoms with Gasteiger partial charge in [0.05, 0.1) is 17.3 Å². The highest BCUT2D eigenvalue weighted by Crippen LogP contribution is 2.36. The third-order valence-corrected chi connectivity index (χ3v) is 3.10. The molecule has 0 radical (unpaired) electrons. The minimum atomic E-state index is -4.13. The lowest BCUT2D eigenvalue weighted by Gasteiger charge is -2.20. The maximum Gasteiger partial charge on any atom is 0.393 e. The Morgan fingerprint density at radius 1 is 1.41 bits per heavy atom. The summed E-state index contributed by atoms with van der Waals surface area (Å²) < 4.78 is 37.6. The first-order valence-electron chi connectivity index (χ1n) is 5.19. The summed E-state index contributed by atoms with van der Waals surface area (Å²) in [4.78, 5) is 1.66. The molecule has 0 amide bonds. The van der Waals surface area contributed by atoms with Crippen molar-refractivity contribution in [1.29, 1.82) is 0 Å². The molecule has 1 aliphatic rings. The normalized spacial score (nSPS) is 21.0. The van der Waals surface area contributed by atoms with Crippen LogP contribution < -0.4 is 4.90 Å². The smallest absolute Gasteiger partial charge is 0.369 e. The Bertz CT molecular complexity index is 422. The maximum atomic E-state index is 12.5. The molecule has 2 heterocycles. The third kappa shape index (κ3) is 2.62. The number of nitrogens with zero attached hydrogens (tertiary/aromatic N) is 3. The van der Waals surface area contributed by atoms with E-state index in [0.717, 1.165) is 0 Å². The molecule has 0 spiro atoms. The summed E-state index contributed by atoms with van der Waals surface area (Å²) in [5, 5.41) is 7.65. The van der Waals surface area contributed by atoms with Gasteiger partial charge in [-0.05, 0) is 13.3 Å². The summed E-state index contributed by atoms with van der Waals surface area (Å²) >= 11 is 5.70. The van der Waals surface area contributed by atoms with Gasteiger partial charge in [0.15, 0.2) is 5.15 Å². The van der Waals surface area contributed by atoms with Crippen molar-refractivity contribution in [3.05, 3.63) is 16.9 Å². The summed E-state index contributed by atoms with van der Waals surface area (Å²) in [5.74, 6) is -1.27. The average molecular weight is 266 g/mol.